The van der Waals surface area contributed by atoms with Crippen LogP contribution in [0.5, 0.6) is 5.75 Å². The molecule has 0 saturated heterocycles. The SMILES string of the molecule is O=C(O)c1ccc(Sc2ccc(C(=O)O)c(C(=O)O)c2)cc1.O=Cc1cc(Sc2ccccc2)ccc1O. The number of carbonyl (C=O) groups is 4. The molecule has 8 nitrogen and oxygen atoms in total. The summed E-state index contributed by atoms with van der Waals surface area (Å²) in [6.07, 6.45) is 0.657. The third kappa shape index (κ3) is 7.73. The predicted octanol–water partition coefficient (Wildman–Crippen LogP) is 6.29. The van der Waals surface area contributed by atoms with Crippen molar-refractivity contribution in [3.63, 3.8) is 0 Å². The van der Waals surface area contributed by atoms with Crippen LogP contribution in [0, 0.1) is 0 Å². The van der Waals surface area contributed by atoms with Gasteiger partial charge < -0.3 is 20.4 Å². The van der Waals surface area contributed by atoms with Crippen LogP contribution in [0.15, 0.2) is 111 Å². The molecule has 0 heterocycles. The van der Waals surface area contributed by atoms with Gasteiger partial charge in [0.15, 0.2) is 6.29 Å². The number of carboxylic acid groups (broad SMARTS) is 3. The van der Waals surface area contributed by atoms with Gasteiger partial charge in [0.2, 0.25) is 0 Å². The van der Waals surface area contributed by atoms with Gasteiger partial charge in [-0.1, -0.05) is 41.7 Å². The molecular weight excluding hydrogens is 528 g/mol. The van der Waals surface area contributed by atoms with Crippen LogP contribution in [-0.4, -0.2) is 44.6 Å². The van der Waals surface area contributed by atoms with Gasteiger partial charge in [-0.25, -0.2) is 14.4 Å². The van der Waals surface area contributed by atoms with Gasteiger partial charge in [0.25, 0.3) is 0 Å². The highest BCUT2D eigenvalue weighted by molar-refractivity contribution is 7.99. The van der Waals surface area contributed by atoms with E-state index < -0.39 is 17.9 Å². The molecule has 0 atom stereocenters. The molecule has 4 aromatic carbocycles. The van der Waals surface area contributed by atoms with E-state index in [0.29, 0.717) is 21.6 Å². The second-order valence-corrected chi connectivity index (χ2v) is 9.80. The summed E-state index contributed by atoms with van der Waals surface area (Å²) in [5.74, 6) is -3.64. The van der Waals surface area contributed by atoms with Crippen LogP contribution in [-0.2, 0) is 0 Å². The van der Waals surface area contributed by atoms with Crippen molar-refractivity contribution in [3.05, 3.63) is 113 Å². The fourth-order valence-electron chi connectivity index (χ4n) is 3.07. The molecule has 4 rings (SSSR count). The number of hydrogen-bond donors (Lipinski definition) is 4. The third-order valence-corrected chi connectivity index (χ3v) is 6.89. The van der Waals surface area contributed by atoms with E-state index in [1.807, 2.05) is 30.3 Å². The minimum atomic E-state index is -1.32. The molecule has 38 heavy (non-hydrogen) atoms. The fraction of sp³-hybridized carbons (Fsp3) is 0. The van der Waals surface area contributed by atoms with E-state index in [2.05, 4.69) is 0 Å². The first-order chi connectivity index (χ1) is 18.2. The van der Waals surface area contributed by atoms with Crippen LogP contribution in [0.25, 0.3) is 0 Å². The lowest BCUT2D eigenvalue weighted by molar-refractivity contribution is 0.0651. The average Bonchev–Trinajstić information content (AvgIpc) is 2.91. The first kappa shape index (κ1) is 28.0. The molecule has 0 spiro atoms. The number of aldehydes is 1. The number of carbonyl (C=O) groups excluding carboxylic acids is 1. The fourth-order valence-corrected chi connectivity index (χ4v) is 4.81. The zero-order chi connectivity index (χ0) is 27.7. The molecule has 0 radical (unpaired) electrons. The lowest BCUT2D eigenvalue weighted by Gasteiger charge is -2.06. The lowest BCUT2D eigenvalue weighted by Crippen LogP contribution is -2.07. The highest BCUT2D eigenvalue weighted by Gasteiger charge is 2.16. The number of phenols is 1. The van der Waals surface area contributed by atoms with Crippen molar-refractivity contribution in [2.45, 2.75) is 19.6 Å². The Bertz CT molecular complexity index is 1470. The van der Waals surface area contributed by atoms with E-state index in [0.717, 1.165) is 9.79 Å². The molecule has 4 aromatic rings. The molecule has 0 bridgehead atoms. The number of aromatic carboxylic acids is 3. The quantitative estimate of drug-likeness (QED) is 0.185. The van der Waals surface area contributed by atoms with Crippen molar-refractivity contribution < 1.29 is 39.6 Å². The van der Waals surface area contributed by atoms with Crippen LogP contribution < -0.4 is 0 Å². The second kappa shape index (κ2) is 13.1. The Labute approximate surface area is 225 Å². The first-order valence-electron chi connectivity index (χ1n) is 10.8. The number of aromatic hydroxyl groups is 1. The van der Waals surface area contributed by atoms with Gasteiger partial charge in [0.1, 0.15) is 5.75 Å². The smallest absolute Gasteiger partial charge is 0.336 e. The van der Waals surface area contributed by atoms with Crippen LogP contribution in [0.3, 0.4) is 0 Å². The predicted molar refractivity (Wildman–Crippen MR) is 142 cm³/mol. The van der Waals surface area contributed by atoms with Crippen molar-refractivity contribution >= 4 is 47.7 Å². The highest BCUT2D eigenvalue weighted by Crippen LogP contribution is 2.31. The van der Waals surface area contributed by atoms with Crippen molar-refractivity contribution in [1.29, 1.82) is 0 Å². The second-order valence-electron chi connectivity index (χ2n) is 7.50. The summed E-state index contributed by atoms with van der Waals surface area (Å²) < 4.78 is 0. The third-order valence-electron chi connectivity index (χ3n) is 4.89. The summed E-state index contributed by atoms with van der Waals surface area (Å²) in [7, 11) is 0. The van der Waals surface area contributed by atoms with E-state index in [1.165, 1.54) is 48.2 Å². The molecule has 4 N–H and O–H groups in total. The number of rotatable bonds is 8. The summed E-state index contributed by atoms with van der Waals surface area (Å²) in [4.78, 5) is 46.8. The van der Waals surface area contributed by atoms with Gasteiger partial charge >= 0.3 is 17.9 Å². The molecule has 0 saturated carbocycles. The lowest BCUT2D eigenvalue weighted by atomic mass is 10.1. The van der Waals surface area contributed by atoms with Crippen molar-refractivity contribution in [3.8, 4) is 5.75 Å². The summed E-state index contributed by atoms with van der Waals surface area (Å²) in [5.41, 5.74) is -0.101. The maximum Gasteiger partial charge on any atom is 0.336 e. The van der Waals surface area contributed by atoms with Gasteiger partial charge in [-0.05, 0) is 72.8 Å². The summed E-state index contributed by atoms with van der Waals surface area (Å²) in [6.45, 7) is 0. The average molecular weight is 549 g/mol. The van der Waals surface area contributed by atoms with Gasteiger partial charge in [-0.15, -0.1) is 0 Å². The Morgan fingerprint density at radius 2 is 1.11 bits per heavy atom. The van der Waals surface area contributed by atoms with E-state index in [4.69, 9.17) is 15.3 Å². The number of phenolic OH excluding ortho intramolecular Hbond substituents is 1. The number of hydrogen-bond acceptors (Lipinski definition) is 7. The summed E-state index contributed by atoms with van der Waals surface area (Å²) in [5, 5.41) is 36.2. The zero-order valence-electron chi connectivity index (χ0n) is 19.5. The molecule has 0 aromatic heterocycles. The Morgan fingerprint density at radius 1 is 0.579 bits per heavy atom. The minimum Gasteiger partial charge on any atom is -0.507 e. The topological polar surface area (TPSA) is 149 Å². The van der Waals surface area contributed by atoms with Gasteiger partial charge in [0, 0.05) is 19.6 Å². The Kier molecular flexibility index (Phi) is 9.69. The normalized spacial score (nSPS) is 10.1. The van der Waals surface area contributed by atoms with Gasteiger partial charge in [0.05, 0.1) is 22.3 Å². The standard InChI is InChI=1S/C15H10O6S.C13H10O2S/c16-13(17)8-1-3-9(4-2-8)22-10-5-6-11(14(18)19)12(7-10)15(20)21;14-9-10-8-12(6-7-13(10)15)16-11-4-2-1-3-5-11/h1-7H,(H,16,17)(H,18,19)(H,20,21);1-9,15H. The molecule has 0 fully saturated rings. The molecule has 10 heteroatoms. The monoisotopic (exact) mass is 548 g/mol. The van der Waals surface area contributed by atoms with E-state index >= 15 is 0 Å². The molecule has 0 aliphatic rings. The Balaban J connectivity index is 0.000000221. The van der Waals surface area contributed by atoms with Crippen LogP contribution in [0.4, 0.5) is 0 Å². The van der Waals surface area contributed by atoms with E-state index in [1.54, 1.807) is 36.0 Å². The van der Waals surface area contributed by atoms with Crippen LogP contribution in [0.2, 0.25) is 0 Å². The van der Waals surface area contributed by atoms with Crippen molar-refractivity contribution in [1.82, 2.24) is 0 Å². The number of carboxylic acids is 3. The van der Waals surface area contributed by atoms with Crippen molar-refractivity contribution in [2.24, 2.45) is 0 Å². The minimum absolute atomic E-state index is 0.0208. The number of benzene rings is 4. The molecule has 0 unspecified atom stereocenters. The molecule has 192 valence electrons. The summed E-state index contributed by atoms with van der Waals surface area (Å²) in [6, 6.07) is 25.0. The summed E-state index contributed by atoms with van der Waals surface area (Å²) >= 11 is 2.77. The molecule has 0 amide bonds. The largest absolute Gasteiger partial charge is 0.507 e. The van der Waals surface area contributed by atoms with Crippen LogP contribution in [0.1, 0.15) is 41.4 Å². The Morgan fingerprint density at radius 3 is 1.66 bits per heavy atom. The first-order valence-corrected chi connectivity index (χ1v) is 12.4. The molecule has 0 aliphatic heterocycles. The molecular formula is C28H20O8S2. The van der Waals surface area contributed by atoms with E-state index in [9.17, 15) is 24.3 Å². The van der Waals surface area contributed by atoms with Crippen molar-refractivity contribution in [2.75, 3.05) is 0 Å². The molecule has 0 aliphatic carbocycles. The van der Waals surface area contributed by atoms with E-state index in [-0.39, 0.29) is 22.4 Å². The highest BCUT2D eigenvalue weighted by atomic mass is 32.2. The zero-order valence-corrected chi connectivity index (χ0v) is 21.1. The van der Waals surface area contributed by atoms with Gasteiger partial charge in [-0.3, -0.25) is 4.79 Å². The maximum atomic E-state index is 11.1. The van der Waals surface area contributed by atoms with Crippen LogP contribution >= 0.6 is 23.5 Å². The van der Waals surface area contributed by atoms with Gasteiger partial charge in [-0.2, -0.15) is 0 Å². The maximum absolute atomic E-state index is 11.1. The Hall–Kier alpha value is -4.54.